The van der Waals surface area contributed by atoms with Gasteiger partial charge in [0.05, 0.1) is 5.60 Å². The van der Waals surface area contributed by atoms with E-state index in [9.17, 15) is 5.11 Å². The van der Waals surface area contributed by atoms with Crippen LogP contribution < -0.4 is 0 Å². The number of likely N-dealkylation sites (N-methyl/N-ethyl adjacent to an activating group) is 1. The Kier molecular flexibility index (Phi) is 7.03. The summed E-state index contributed by atoms with van der Waals surface area (Å²) in [7, 11) is 3.92. The van der Waals surface area contributed by atoms with E-state index < -0.39 is 5.60 Å². The number of hydrogen-bond donors (Lipinski definition) is 1. The molecule has 3 heteroatoms. The fraction of sp³-hybridized carbons (Fsp3) is 1.00. The third-order valence-corrected chi connectivity index (χ3v) is 1.42. The van der Waals surface area contributed by atoms with Gasteiger partial charge in [0.2, 0.25) is 0 Å². The molecule has 0 radical (unpaired) electrons. The van der Waals surface area contributed by atoms with Crippen LogP contribution >= 0.6 is 0 Å². The molecule has 0 saturated carbocycles. The fourth-order valence-corrected chi connectivity index (χ4v) is 0.793. The van der Waals surface area contributed by atoms with E-state index in [4.69, 9.17) is 0 Å². The standard InChI is InChI=1S/C7H17NO.Ti/c1-5-7(2,9)6-8(3)4;/h9H,5-6H2,1-4H3;. The summed E-state index contributed by atoms with van der Waals surface area (Å²) in [6.07, 6.45) is 0.811. The molecule has 0 amide bonds. The molecule has 2 nitrogen and oxygen atoms in total. The van der Waals surface area contributed by atoms with Crippen molar-refractivity contribution in [3.8, 4) is 0 Å². The third kappa shape index (κ3) is 6.75. The summed E-state index contributed by atoms with van der Waals surface area (Å²) in [6.45, 7) is 4.58. The van der Waals surface area contributed by atoms with E-state index in [-0.39, 0.29) is 21.7 Å². The topological polar surface area (TPSA) is 23.5 Å². The summed E-state index contributed by atoms with van der Waals surface area (Å²) in [5.74, 6) is 0. The van der Waals surface area contributed by atoms with E-state index >= 15 is 0 Å². The zero-order valence-electron chi connectivity index (χ0n) is 7.31. The Bertz CT molecular complexity index is 83.7. The van der Waals surface area contributed by atoms with Gasteiger partial charge in [-0.3, -0.25) is 0 Å². The van der Waals surface area contributed by atoms with Gasteiger partial charge in [-0.25, -0.2) is 0 Å². The molecule has 0 rings (SSSR count). The molecule has 1 atom stereocenters. The zero-order valence-corrected chi connectivity index (χ0v) is 8.87. The van der Waals surface area contributed by atoms with Gasteiger partial charge in [-0.2, -0.15) is 0 Å². The molecular weight excluding hydrogens is 162 g/mol. The predicted molar refractivity (Wildman–Crippen MR) is 39.5 cm³/mol. The third-order valence-electron chi connectivity index (χ3n) is 1.42. The van der Waals surface area contributed by atoms with Crippen molar-refractivity contribution in [1.82, 2.24) is 4.90 Å². The predicted octanol–water partition coefficient (Wildman–Crippen LogP) is 0.707. The van der Waals surface area contributed by atoms with E-state index in [0.717, 1.165) is 13.0 Å². The number of hydrogen-bond acceptors (Lipinski definition) is 2. The SMILES string of the molecule is CCC(C)(O)CN(C)C.[Ti]. The van der Waals surface area contributed by atoms with Gasteiger partial charge in [0.25, 0.3) is 0 Å². The Morgan fingerprint density at radius 2 is 1.80 bits per heavy atom. The quantitative estimate of drug-likeness (QED) is 0.645. The van der Waals surface area contributed by atoms with Crippen molar-refractivity contribution in [1.29, 1.82) is 0 Å². The van der Waals surface area contributed by atoms with Crippen molar-refractivity contribution in [3.05, 3.63) is 0 Å². The minimum atomic E-state index is -0.510. The van der Waals surface area contributed by atoms with Gasteiger partial charge in [0.15, 0.2) is 0 Å². The average Bonchev–Trinajstić information content (AvgIpc) is 1.63. The maximum absolute atomic E-state index is 9.45. The molecule has 1 unspecified atom stereocenters. The molecule has 0 fully saturated rings. The van der Waals surface area contributed by atoms with Gasteiger partial charge >= 0.3 is 0 Å². The molecule has 0 aromatic rings. The van der Waals surface area contributed by atoms with Gasteiger partial charge in [0, 0.05) is 28.3 Å². The van der Waals surface area contributed by atoms with Crippen molar-refractivity contribution >= 4 is 0 Å². The molecule has 60 valence electrons. The van der Waals surface area contributed by atoms with E-state index in [1.165, 1.54) is 0 Å². The van der Waals surface area contributed by atoms with Crippen LogP contribution in [0.5, 0.6) is 0 Å². The van der Waals surface area contributed by atoms with Crippen LogP contribution in [0.1, 0.15) is 20.3 Å². The van der Waals surface area contributed by atoms with Crippen molar-refractivity contribution in [2.45, 2.75) is 25.9 Å². The maximum Gasteiger partial charge on any atom is 0.0743 e. The van der Waals surface area contributed by atoms with Crippen molar-refractivity contribution in [2.75, 3.05) is 20.6 Å². The molecular formula is C7H17NOTi. The summed E-state index contributed by atoms with van der Waals surface area (Å²) >= 11 is 0. The van der Waals surface area contributed by atoms with Gasteiger partial charge in [-0.05, 0) is 27.4 Å². The molecule has 0 aliphatic rings. The van der Waals surface area contributed by atoms with Crippen molar-refractivity contribution in [2.24, 2.45) is 0 Å². The molecule has 1 N–H and O–H groups in total. The maximum atomic E-state index is 9.45. The van der Waals surface area contributed by atoms with Crippen LogP contribution in [0, 0.1) is 0 Å². The van der Waals surface area contributed by atoms with E-state index in [1.807, 2.05) is 32.8 Å². The van der Waals surface area contributed by atoms with Crippen LogP contribution in [0.4, 0.5) is 0 Å². The van der Waals surface area contributed by atoms with Crippen LogP contribution in [0.2, 0.25) is 0 Å². The van der Waals surface area contributed by atoms with E-state index in [2.05, 4.69) is 0 Å². The summed E-state index contributed by atoms with van der Waals surface area (Å²) in [5.41, 5.74) is -0.510. The smallest absolute Gasteiger partial charge is 0.0743 e. The largest absolute Gasteiger partial charge is 0.389 e. The van der Waals surface area contributed by atoms with Crippen molar-refractivity contribution < 1.29 is 26.8 Å². The van der Waals surface area contributed by atoms with Gasteiger partial charge in [0.1, 0.15) is 0 Å². The van der Waals surface area contributed by atoms with Crippen molar-refractivity contribution in [3.63, 3.8) is 0 Å². The summed E-state index contributed by atoms with van der Waals surface area (Å²) in [4.78, 5) is 1.99. The molecule has 0 spiro atoms. The minimum Gasteiger partial charge on any atom is -0.389 e. The monoisotopic (exact) mass is 179 g/mol. The first-order valence-corrected chi connectivity index (χ1v) is 3.35. The molecule has 0 saturated heterocycles. The molecule has 0 bridgehead atoms. The molecule has 0 aromatic heterocycles. The van der Waals surface area contributed by atoms with Gasteiger partial charge in [-0.1, -0.05) is 6.92 Å². The first-order chi connectivity index (χ1) is 3.98. The number of nitrogens with zero attached hydrogens (tertiary/aromatic N) is 1. The zero-order chi connectivity index (χ0) is 7.49. The normalized spacial score (nSPS) is 16.2. The number of aliphatic hydroxyl groups is 1. The van der Waals surface area contributed by atoms with Crippen LogP contribution in [0.25, 0.3) is 0 Å². The second kappa shape index (κ2) is 5.31. The summed E-state index contributed by atoms with van der Waals surface area (Å²) in [6, 6.07) is 0. The Labute approximate surface area is 78.5 Å². The molecule has 0 heterocycles. The Hall–Kier alpha value is 0.634. The second-order valence-corrected chi connectivity index (χ2v) is 3.09. The first-order valence-electron chi connectivity index (χ1n) is 3.35. The summed E-state index contributed by atoms with van der Waals surface area (Å²) in [5, 5.41) is 9.45. The van der Waals surface area contributed by atoms with Crippen LogP contribution in [0.15, 0.2) is 0 Å². The van der Waals surface area contributed by atoms with Crippen LogP contribution in [-0.4, -0.2) is 36.2 Å². The van der Waals surface area contributed by atoms with Gasteiger partial charge in [-0.15, -0.1) is 0 Å². The van der Waals surface area contributed by atoms with E-state index in [0.29, 0.717) is 0 Å². The molecule has 0 aromatic carbocycles. The molecule has 10 heavy (non-hydrogen) atoms. The number of rotatable bonds is 3. The molecule has 0 aliphatic heterocycles. The second-order valence-electron chi connectivity index (χ2n) is 3.09. The first kappa shape index (κ1) is 13.2. The minimum absolute atomic E-state index is 0. The fourth-order valence-electron chi connectivity index (χ4n) is 0.793. The Morgan fingerprint density at radius 1 is 1.40 bits per heavy atom. The molecule has 0 aliphatic carbocycles. The van der Waals surface area contributed by atoms with Crippen LogP contribution in [-0.2, 0) is 21.7 Å². The van der Waals surface area contributed by atoms with Crippen LogP contribution in [0.3, 0.4) is 0 Å². The Morgan fingerprint density at radius 3 is 1.90 bits per heavy atom. The van der Waals surface area contributed by atoms with E-state index in [1.54, 1.807) is 0 Å². The summed E-state index contributed by atoms with van der Waals surface area (Å²) < 4.78 is 0. The van der Waals surface area contributed by atoms with Gasteiger partial charge < -0.3 is 10.0 Å². The average molecular weight is 179 g/mol. The Balaban J connectivity index is 0.